The molecule has 0 radical (unpaired) electrons. The number of carbonyl (C=O) groups excluding carboxylic acids is 4. The van der Waals surface area contributed by atoms with E-state index in [1.165, 1.54) is 13.3 Å². The number of benzene rings is 1. The summed E-state index contributed by atoms with van der Waals surface area (Å²) in [7, 11) is 0.421. The standard InChI is InChI=1S/C50H70F3N13O7S/c1-49(2,72-3)31-57-27-35(26-54)44-41(50(51,52)53)29-58-48(61-44)59-36-13-18-64(19-14-36)32-74(71)24-4-23-73-30-37(62-55)28-56-15-22-63-16-9-33(10-17-63)34-11-20-65(21-12-34)38-5-6-39-40(25-38)47(70)66(46(39)69)42-7-8-43(67)60-45(42)68/h5-6,25-29,33-34,36,42H,4,7-24,30-32,54-55H2,1-3H3,(H,58,59,61)(H,60,67,68)/b35-26+,56-28?,57-27?,62-37+/t42?,74-/m1/s1. The molecule has 0 aliphatic carbocycles. The van der Waals surface area contributed by atoms with Gasteiger partial charge in [-0.1, -0.05) is 0 Å². The maximum atomic E-state index is 13.9. The van der Waals surface area contributed by atoms with Crippen molar-refractivity contribution in [3.05, 3.63) is 53.0 Å². The normalized spacial score (nSPS) is 21.4. The molecule has 404 valence electrons. The number of piperidine rings is 4. The van der Waals surface area contributed by atoms with Crippen LogP contribution in [0.5, 0.6) is 0 Å². The Bertz CT molecular complexity index is 2470. The number of methoxy groups -OCH3 is 1. The second-order valence-corrected chi connectivity index (χ2v) is 21.6. The molecule has 4 amide bonds. The molecule has 5 aliphatic heterocycles. The molecule has 74 heavy (non-hydrogen) atoms. The number of rotatable bonds is 22. The number of nitrogens with one attached hydrogen (secondary N) is 2. The van der Waals surface area contributed by atoms with Crippen LogP contribution in [-0.4, -0.2) is 179 Å². The molecule has 1 aromatic heterocycles. The van der Waals surface area contributed by atoms with Crippen molar-refractivity contribution >= 4 is 69.8 Å². The van der Waals surface area contributed by atoms with Crippen LogP contribution in [0.4, 0.5) is 24.8 Å². The molecule has 0 bridgehead atoms. The molecule has 4 saturated heterocycles. The van der Waals surface area contributed by atoms with Gasteiger partial charge in [0, 0.05) is 112 Å². The van der Waals surface area contributed by atoms with Gasteiger partial charge >= 0.3 is 6.18 Å². The number of alkyl halides is 3. The quantitative estimate of drug-likeness (QED) is 0.0431. The molecule has 6 N–H and O–H groups in total. The number of anilines is 2. The molecule has 2 aromatic rings. The van der Waals surface area contributed by atoms with Gasteiger partial charge in [-0.15, -0.1) is 0 Å². The van der Waals surface area contributed by atoms with Gasteiger partial charge in [0.1, 0.15) is 17.3 Å². The zero-order valence-corrected chi connectivity index (χ0v) is 43.3. The Hall–Kier alpha value is -5.69. The first-order valence-corrected chi connectivity index (χ1v) is 26.9. The Balaban J connectivity index is 0.736. The van der Waals surface area contributed by atoms with Crippen LogP contribution in [0.3, 0.4) is 0 Å². The predicted molar refractivity (Wildman–Crippen MR) is 277 cm³/mol. The molecule has 2 atom stereocenters. The van der Waals surface area contributed by atoms with Crippen molar-refractivity contribution in [3.8, 4) is 0 Å². The number of halogens is 3. The van der Waals surface area contributed by atoms with Gasteiger partial charge in [0.05, 0.1) is 48.0 Å². The van der Waals surface area contributed by atoms with Crippen LogP contribution in [0.2, 0.25) is 0 Å². The van der Waals surface area contributed by atoms with Crippen LogP contribution in [0.1, 0.15) is 104 Å². The summed E-state index contributed by atoms with van der Waals surface area (Å²) in [6.07, 6.45) is 6.45. The van der Waals surface area contributed by atoms with E-state index in [1.807, 2.05) is 6.07 Å². The topological polar surface area (TPSA) is 256 Å². The lowest BCUT2D eigenvalue weighted by molar-refractivity contribution is -0.138. The first-order valence-electron chi connectivity index (χ1n) is 25.4. The van der Waals surface area contributed by atoms with Crippen LogP contribution in [0.15, 0.2) is 45.7 Å². The molecule has 5 aliphatic rings. The molecule has 6 heterocycles. The number of imide groups is 2. The van der Waals surface area contributed by atoms with Gasteiger partial charge < -0.3 is 36.2 Å². The number of aromatic nitrogens is 2. The Morgan fingerprint density at radius 2 is 1.62 bits per heavy atom. The number of likely N-dealkylation sites (tertiary alicyclic amines) is 2. The van der Waals surface area contributed by atoms with Crippen molar-refractivity contribution in [1.82, 2.24) is 30.0 Å². The smallest absolute Gasteiger partial charge is 0.404 e. The van der Waals surface area contributed by atoms with E-state index >= 15 is 0 Å². The number of aliphatic imine (C=N–C) groups is 2. The van der Waals surface area contributed by atoms with Crippen molar-refractivity contribution < 1.29 is 46.0 Å². The lowest BCUT2D eigenvalue weighted by Gasteiger charge is -2.40. The minimum atomic E-state index is -4.71. The third kappa shape index (κ3) is 14.8. The van der Waals surface area contributed by atoms with Crippen molar-refractivity contribution in [2.24, 2.45) is 38.5 Å². The summed E-state index contributed by atoms with van der Waals surface area (Å²) in [5.74, 6) is 5.79. The van der Waals surface area contributed by atoms with E-state index in [4.69, 9.17) is 21.1 Å². The van der Waals surface area contributed by atoms with E-state index in [1.54, 1.807) is 32.2 Å². The van der Waals surface area contributed by atoms with E-state index in [9.17, 15) is 36.6 Å². The summed E-state index contributed by atoms with van der Waals surface area (Å²) in [6, 6.07) is 4.26. The van der Waals surface area contributed by atoms with Crippen molar-refractivity contribution in [1.29, 1.82) is 0 Å². The average Bonchev–Trinajstić information content (AvgIpc) is 3.63. The van der Waals surface area contributed by atoms with Gasteiger partial charge in [-0.2, -0.15) is 18.3 Å². The fraction of sp³-hybridized carbons (Fsp3) is 0.620. The first kappa shape index (κ1) is 56.0. The SMILES string of the molecule is COC(C)(C)CN=C/C(=C\N)c1nc(NC2CCN(C[S@](=O)CCCOC/C(C=NCCN3CCC(C4CCN(c5ccc6c(c5)C(=O)N(C5CCC(=O)NC5=O)C6=O)CC4)CC3)=N/N)CC2)ncc1C(F)(F)F. The number of amides is 4. The zero-order valence-electron chi connectivity index (χ0n) is 42.5. The number of hydrogen-bond acceptors (Lipinski definition) is 18. The summed E-state index contributed by atoms with van der Waals surface area (Å²) in [6.45, 7) is 10.8. The largest absolute Gasteiger partial charge is 0.419 e. The van der Waals surface area contributed by atoms with E-state index < -0.39 is 57.8 Å². The van der Waals surface area contributed by atoms with Crippen LogP contribution in [0, 0.1) is 11.8 Å². The fourth-order valence-corrected chi connectivity index (χ4v) is 11.3. The molecule has 7 rings (SSSR count). The number of allylic oxidation sites excluding steroid dienone is 1. The number of hydrogen-bond donors (Lipinski definition) is 4. The third-order valence-corrected chi connectivity index (χ3v) is 15.9. The Morgan fingerprint density at radius 1 is 0.932 bits per heavy atom. The molecule has 4 fully saturated rings. The highest BCUT2D eigenvalue weighted by Crippen LogP contribution is 2.37. The Morgan fingerprint density at radius 3 is 2.28 bits per heavy atom. The second kappa shape index (κ2) is 25.7. The van der Waals surface area contributed by atoms with Gasteiger partial charge in [0.25, 0.3) is 11.8 Å². The Labute approximate surface area is 432 Å². The van der Waals surface area contributed by atoms with Gasteiger partial charge in [0.15, 0.2) is 0 Å². The van der Waals surface area contributed by atoms with Crippen LogP contribution < -0.4 is 27.1 Å². The van der Waals surface area contributed by atoms with Gasteiger partial charge in [-0.3, -0.25) is 48.5 Å². The predicted octanol–water partition coefficient (Wildman–Crippen LogP) is 3.70. The number of carbonyl (C=O) groups is 4. The van der Waals surface area contributed by atoms with Crippen LogP contribution in [-0.2, 0) is 36.0 Å². The monoisotopic (exact) mass is 1050 g/mol. The van der Waals surface area contributed by atoms with E-state index in [0.29, 0.717) is 80.2 Å². The lowest BCUT2D eigenvalue weighted by Crippen LogP contribution is -2.54. The Kier molecular flexibility index (Phi) is 19.5. The average molecular weight is 1050 g/mol. The number of nitrogens with zero attached hydrogens (tertiary/aromatic N) is 9. The van der Waals surface area contributed by atoms with Crippen molar-refractivity contribution in [2.45, 2.75) is 95.5 Å². The molecule has 20 nitrogen and oxygen atoms in total. The van der Waals surface area contributed by atoms with E-state index in [-0.39, 0.29) is 54.8 Å². The molecular weight excluding hydrogens is 984 g/mol. The number of hydrazone groups is 1. The van der Waals surface area contributed by atoms with Crippen LogP contribution in [0.25, 0.3) is 5.57 Å². The molecular formula is C50H70F3N13O7S. The summed E-state index contributed by atoms with van der Waals surface area (Å²) in [5, 5.41) is 9.24. The second-order valence-electron chi connectivity index (χ2n) is 20.1. The number of fused-ring (bicyclic) bond motifs is 1. The van der Waals surface area contributed by atoms with Crippen molar-refractivity contribution in [2.75, 3.05) is 101 Å². The number of nitrogens with two attached hydrogens (primary N) is 2. The highest BCUT2D eigenvalue weighted by molar-refractivity contribution is 7.84. The maximum absolute atomic E-state index is 13.9. The van der Waals surface area contributed by atoms with Gasteiger partial charge in [-0.25, -0.2) is 9.97 Å². The maximum Gasteiger partial charge on any atom is 0.419 e. The fourth-order valence-electron chi connectivity index (χ4n) is 10.1. The summed E-state index contributed by atoms with van der Waals surface area (Å²) in [4.78, 5) is 75.4. The van der Waals surface area contributed by atoms with E-state index in [2.05, 4.69) is 50.4 Å². The lowest BCUT2D eigenvalue weighted by atomic mass is 9.78. The molecule has 0 spiro atoms. The minimum Gasteiger partial charge on any atom is -0.404 e. The highest BCUT2D eigenvalue weighted by Gasteiger charge is 2.45. The van der Waals surface area contributed by atoms with Gasteiger partial charge in [0.2, 0.25) is 17.8 Å². The van der Waals surface area contributed by atoms with E-state index in [0.717, 1.165) is 81.4 Å². The molecule has 24 heteroatoms. The zero-order chi connectivity index (χ0) is 53.0. The summed E-state index contributed by atoms with van der Waals surface area (Å²) >= 11 is 0. The highest BCUT2D eigenvalue weighted by atomic mass is 32.2. The molecule has 1 unspecified atom stereocenters. The number of ether oxygens (including phenoxy) is 2. The molecule has 1 aromatic carbocycles. The summed E-state index contributed by atoms with van der Waals surface area (Å²) < 4.78 is 65.9. The van der Waals surface area contributed by atoms with Crippen molar-refractivity contribution in [3.63, 3.8) is 0 Å². The molecule has 0 saturated carbocycles. The van der Waals surface area contributed by atoms with Gasteiger partial charge in [-0.05, 0) is 108 Å². The van der Waals surface area contributed by atoms with Crippen LogP contribution >= 0.6 is 0 Å². The first-order chi connectivity index (χ1) is 35.5. The third-order valence-electron chi connectivity index (χ3n) is 14.5. The minimum absolute atomic E-state index is 0.00454. The summed E-state index contributed by atoms with van der Waals surface area (Å²) in [5.41, 5.74) is 5.74.